The molecule has 1 aliphatic carbocycles. The maximum atomic E-state index is 14.1. The van der Waals surface area contributed by atoms with Crippen molar-refractivity contribution >= 4 is 21.7 Å². The Balaban J connectivity index is 1.69. The van der Waals surface area contributed by atoms with E-state index >= 15 is 0 Å². The zero-order chi connectivity index (χ0) is 22.4. The summed E-state index contributed by atoms with van der Waals surface area (Å²) < 4.78 is 65.0. The molecular weight excluding hydrogens is 431 g/mol. The number of benzene rings is 2. The highest BCUT2D eigenvalue weighted by molar-refractivity contribution is 7.89. The molecule has 2 amide bonds. The number of alkyl halides is 3. The molecule has 4 rings (SSSR count). The van der Waals surface area contributed by atoms with Gasteiger partial charge in [-0.2, -0.15) is 13.2 Å². The summed E-state index contributed by atoms with van der Waals surface area (Å²) in [5.41, 5.74) is -1.55. The molecule has 2 aromatic rings. The van der Waals surface area contributed by atoms with E-state index in [1.54, 1.807) is 12.1 Å². The van der Waals surface area contributed by atoms with E-state index in [9.17, 15) is 26.4 Å². The number of hydrogen-bond acceptors (Lipinski definition) is 3. The fraction of sp³-hybridized carbons (Fsp3) is 0.286. The van der Waals surface area contributed by atoms with Crippen molar-refractivity contribution in [2.24, 2.45) is 11.1 Å². The van der Waals surface area contributed by atoms with E-state index in [-0.39, 0.29) is 22.1 Å². The van der Waals surface area contributed by atoms with Crippen molar-refractivity contribution in [3.8, 4) is 11.8 Å². The average Bonchev–Trinajstić information content (AvgIpc) is 3.49. The lowest BCUT2D eigenvalue weighted by molar-refractivity contribution is -0.178. The number of anilines is 1. The lowest BCUT2D eigenvalue weighted by Gasteiger charge is -2.37. The van der Waals surface area contributed by atoms with Crippen molar-refractivity contribution in [2.45, 2.75) is 35.9 Å². The highest BCUT2D eigenvalue weighted by Gasteiger charge is 2.59. The first-order valence-corrected chi connectivity index (χ1v) is 11.0. The summed E-state index contributed by atoms with van der Waals surface area (Å²) in [7, 11) is -3.82. The standard InChI is InChI=1S/C21H18F3N3O3S/c22-21(23,24)20(10-9-13-1-2-13)17-8-5-15(12-18(17)26-19(28)27-20)11-14-3-6-16(7-4-14)31(25,29)30/h3-8,12-13H,1-2,11H2,(H2,25,29,30)(H2,26,27,28). The summed E-state index contributed by atoms with van der Waals surface area (Å²) >= 11 is 0. The molecule has 1 aliphatic heterocycles. The molecule has 162 valence electrons. The van der Waals surface area contributed by atoms with Crippen molar-refractivity contribution in [1.29, 1.82) is 0 Å². The molecule has 2 aliphatic rings. The van der Waals surface area contributed by atoms with Gasteiger partial charge in [0.1, 0.15) is 0 Å². The van der Waals surface area contributed by atoms with E-state index in [0.717, 1.165) is 18.4 Å². The SMILES string of the molecule is NS(=O)(=O)c1ccc(Cc2ccc3c(c2)NC(=O)NC3(C#CC2CC2)C(F)(F)F)cc1. The van der Waals surface area contributed by atoms with Gasteiger partial charge in [0.25, 0.3) is 0 Å². The summed E-state index contributed by atoms with van der Waals surface area (Å²) in [5, 5.41) is 9.49. The number of halogens is 3. The largest absolute Gasteiger partial charge is 0.427 e. The molecule has 0 aromatic heterocycles. The molecule has 6 nitrogen and oxygen atoms in total. The van der Waals surface area contributed by atoms with Crippen LogP contribution in [0.3, 0.4) is 0 Å². The monoisotopic (exact) mass is 449 g/mol. The van der Waals surface area contributed by atoms with Gasteiger partial charge in [0.05, 0.1) is 4.90 Å². The summed E-state index contributed by atoms with van der Waals surface area (Å²) in [6.45, 7) is 0. The third kappa shape index (κ3) is 4.24. The Morgan fingerprint density at radius 2 is 1.74 bits per heavy atom. The lowest BCUT2D eigenvalue weighted by atomic mass is 9.85. The van der Waals surface area contributed by atoms with E-state index in [1.165, 1.54) is 30.3 Å². The number of nitrogens with one attached hydrogen (secondary N) is 2. The number of carbonyl (C=O) groups is 1. The lowest BCUT2D eigenvalue weighted by Crippen LogP contribution is -2.59. The van der Waals surface area contributed by atoms with Crippen LogP contribution in [-0.4, -0.2) is 20.6 Å². The van der Waals surface area contributed by atoms with Gasteiger partial charge in [0.15, 0.2) is 0 Å². The number of primary sulfonamides is 1. The Labute approximate surface area is 177 Å². The zero-order valence-corrected chi connectivity index (χ0v) is 16.9. The van der Waals surface area contributed by atoms with Crippen LogP contribution in [0.15, 0.2) is 47.4 Å². The minimum absolute atomic E-state index is 0.0322. The van der Waals surface area contributed by atoms with Crippen LogP contribution >= 0.6 is 0 Å². The predicted octanol–water partition coefficient (Wildman–Crippen LogP) is 3.23. The maximum absolute atomic E-state index is 14.1. The first-order chi connectivity index (χ1) is 14.5. The minimum Gasteiger partial charge on any atom is -0.310 e. The molecule has 1 heterocycles. The fourth-order valence-electron chi connectivity index (χ4n) is 3.39. The van der Waals surface area contributed by atoms with Gasteiger partial charge in [0.2, 0.25) is 15.6 Å². The van der Waals surface area contributed by atoms with E-state index in [0.29, 0.717) is 12.0 Å². The van der Waals surface area contributed by atoms with E-state index in [1.807, 2.05) is 5.32 Å². The molecule has 10 heteroatoms. The van der Waals surface area contributed by atoms with Gasteiger partial charge >= 0.3 is 12.2 Å². The quantitative estimate of drug-likeness (QED) is 0.627. The Bertz CT molecular complexity index is 1210. The predicted molar refractivity (Wildman–Crippen MR) is 107 cm³/mol. The van der Waals surface area contributed by atoms with Gasteiger partial charge in [0, 0.05) is 17.2 Å². The summed E-state index contributed by atoms with van der Waals surface area (Å²) in [4.78, 5) is 12.1. The van der Waals surface area contributed by atoms with Crippen molar-refractivity contribution in [1.82, 2.24) is 5.32 Å². The van der Waals surface area contributed by atoms with E-state index < -0.39 is 27.8 Å². The maximum Gasteiger partial charge on any atom is 0.427 e. The molecule has 2 aromatic carbocycles. The van der Waals surface area contributed by atoms with Crippen LogP contribution in [0, 0.1) is 17.8 Å². The van der Waals surface area contributed by atoms with Gasteiger partial charge in [-0.05, 0) is 48.6 Å². The molecule has 1 unspecified atom stereocenters. The highest BCUT2D eigenvalue weighted by atomic mass is 32.2. The number of fused-ring (bicyclic) bond motifs is 1. The third-order valence-electron chi connectivity index (χ3n) is 5.16. The molecule has 1 fully saturated rings. The van der Waals surface area contributed by atoms with Crippen LogP contribution < -0.4 is 15.8 Å². The second-order valence-electron chi connectivity index (χ2n) is 7.62. The second kappa shape index (κ2) is 7.28. The molecule has 0 bridgehead atoms. The topological polar surface area (TPSA) is 101 Å². The summed E-state index contributed by atoms with van der Waals surface area (Å²) in [6, 6.07) is 9.19. The molecular formula is C21H18F3N3O3S. The van der Waals surface area contributed by atoms with Gasteiger partial charge in [-0.1, -0.05) is 36.1 Å². The van der Waals surface area contributed by atoms with Gasteiger partial charge < -0.3 is 10.6 Å². The number of carbonyl (C=O) groups excluding carboxylic acids is 1. The number of sulfonamides is 1. The number of amides is 2. The number of urea groups is 1. The highest BCUT2D eigenvalue weighted by Crippen LogP contribution is 2.44. The van der Waals surface area contributed by atoms with Crippen molar-refractivity contribution in [2.75, 3.05) is 5.32 Å². The number of hydrogen-bond donors (Lipinski definition) is 3. The first-order valence-electron chi connectivity index (χ1n) is 9.42. The minimum atomic E-state index is -4.81. The van der Waals surface area contributed by atoms with E-state index in [4.69, 9.17) is 5.14 Å². The van der Waals surface area contributed by atoms with Crippen molar-refractivity contribution in [3.05, 3.63) is 59.2 Å². The van der Waals surface area contributed by atoms with E-state index in [2.05, 4.69) is 17.2 Å². The number of rotatable bonds is 3. The Hall–Kier alpha value is -3.03. The molecule has 31 heavy (non-hydrogen) atoms. The second-order valence-corrected chi connectivity index (χ2v) is 9.18. The molecule has 4 N–H and O–H groups in total. The van der Waals surface area contributed by atoms with Crippen LogP contribution in [0.5, 0.6) is 0 Å². The Morgan fingerprint density at radius 3 is 2.32 bits per heavy atom. The zero-order valence-electron chi connectivity index (χ0n) is 16.1. The Morgan fingerprint density at radius 1 is 1.10 bits per heavy atom. The van der Waals surface area contributed by atoms with Gasteiger partial charge in [-0.15, -0.1) is 0 Å². The first kappa shape index (κ1) is 21.2. The Kier molecular flexibility index (Phi) is 4.98. The smallest absolute Gasteiger partial charge is 0.310 e. The van der Waals surface area contributed by atoms with Crippen LogP contribution in [0.25, 0.3) is 0 Å². The molecule has 0 saturated heterocycles. The fourth-order valence-corrected chi connectivity index (χ4v) is 3.90. The van der Waals surface area contributed by atoms with Crippen molar-refractivity contribution in [3.63, 3.8) is 0 Å². The summed E-state index contributed by atoms with van der Waals surface area (Å²) in [5.74, 6) is 4.86. The van der Waals surface area contributed by atoms with Crippen LogP contribution in [-0.2, 0) is 22.0 Å². The van der Waals surface area contributed by atoms with Crippen LogP contribution in [0.4, 0.5) is 23.7 Å². The van der Waals surface area contributed by atoms with Gasteiger partial charge in [-0.3, -0.25) is 0 Å². The van der Waals surface area contributed by atoms with Crippen LogP contribution in [0.2, 0.25) is 0 Å². The third-order valence-corrected chi connectivity index (χ3v) is 6.09. The van der Waals surface area contributed by atoms with Gasteiger partial charge in [-0.25, -0.2) is 18.4 Å². The summed E-state index contributed by atoms with van der Waals surface area (Å²) in [6.07, 6.45) is -2.99. The normalized spacial score (nSPS) is 20.7. The van der Waals surface area contributed by atoms with Crippen LogP contribution in [0.1, 0.15) is 29.5 Å². The number of nitrogens with two attached hydrogens (primary N) is 1. The van der Waals surface area contributed by atoms with Crippen molar-refractivity contribution < 1.29 is 26.4 Å². The average molecular weight is 449 g/mol. The molecule has 0 radical (unpaired) electrons. The molecule has 1 atom stereocenters. The molecule has 1 saturated carbocycles. The molecule has 0 spiro atoms.